The molecule has 8 heteroatoms. The summed E-state index contributed by atoms with van der Waals surface area (Å²) >= 11 is 11.8. The van der Waals surface area contributed by atoms with E-state index in [-0.39, 0.29) is 21.7 Å². The Morgan fingerprint density at radius 3 is 2.50 bits per heavy atom. The van der Waals surface area contributed by atoms with Gasteiger partial charge in [-0.1, -0.05) is 36.5 Å². The number of rotatable bonds is 6. The van der Waals surface area contributed by atoms with Crippen LogP contribution in [0, 0.1) is 5.92 Å². The summed E-state index contributed by atoms with van der Waals surface area (Å²) in [6, 6.07) is 4.29. The molecular weight excluding hydrogens is 371 g/mol. The molecule has 134 valence electrons. The fourth-order valence-corrected chi connectivity index (χ4v) is 4.54. The molecule has 0 bridgehead atoms. The zero-order chi connectivity index (χ0) is 17.7. The molecule has 0 spiro atoms. The van der Waals surface area contributed by atoms with Crippen LogP contribution in [-0.4, -0.2) is 38.3 Å². The van der Waals surface area contributed by atoms with Gasteiger partial charge in [0, 0.05) is 25.6 Å². The average molecular weight is 393 g/mol. The largest absolute Gasteiger partial charge is 0.356 e. The van der Waals surface area contributed by atoms with Gasteiger partial charge < -0.3 is 5.32 Å². The summed E-state index contributed by atoms with van der Waals surface area (Å²) in [4.78, 5) is 12.2. The average Bonchev–Trinajstić information content (AvgIpc) is 2.57. The molecule has 1 heterocycles. The third-order valence-electron chi connectivity index (χ3n) is 4.18. The molecule has 0 aliphatic carbocycles. The second kappa shape index (κ2) is 8.52. The highest BCUT2D eigenvalue weighted by Crippen LogP contribution is 2.28. The summed E-state index contributed by atoms with van der Waals surface area (Å²) in [5.74, 6) is -0.0999. The predicted molar refractivity (Wildman–Crippen MR) is 95.9 cm³/mol. The summed E-state index contributed by atoms with van der Waals surface area (Å²) in [6.45, 7) is 3.40. The maximum absolute atomic E-state index is 12.7. The Bertz CT molecular complexity index is 687. The van der Waals surface area contributed by atoms with Crippen molar-refractivity contribution in [2.45, 2.75) is 37.5 Å². The lowest BCUT2D eigenvalue weighted by atomic mass is 9.97. The van der Waals surface area contributed by atoms with E-state index < -0.39 is 10.0 Å². The van der Waals surface area contributed by atoms with Crippen LogP contribution in [0.25, 0.3) is 0 Å². The zero-order valence-electron chi connectivity index (χ0n) is 13.6. The molecule has 1 N–H and O–H groups in total. The first-order chi connectivity index (χ1) is 11.4. The van der Waals surface area contributed by atoms with Gasteiger partial charge in [-0.15, -0.1) is 0 Å². The molecule has 2 rings (SSSR count). The summed E-state index contributed by atoms with van der Waals surface area (Å²) in [5, 5.41) is 3.44. The second-order valence-electron chi connectivity index (χ2n) is 5.90. The molecule has 0 unspecified atom stereocenters. The van der Waals surface area contributed by atoms with Gasteiger partial charge in [0.05, 0.1) is 14.9 Å². The fraction of sp³-hybridized carbons (Fsp3) is 0.562. The van der Waals surface area contributed by atoms with E-state index in [2.05, 4.69) is 12.2 Å². The minimum absolute atomic E-state index is 0.0232. The first-order valence-corrected chi connectivity index (χ1v) is 10.3. The molecule has 1 aliphatic rings. The molecule has 1 fully saturated rings. The maximum atomic E-state index is 12.7. The third kappa shape index (κ3) is 4.63. The van der Waals surface area contributed by atoms with Crippen molar-refractivity contribution >= 4 is 39.1 Å². The molecule has 0 aromatic heterocycles. The topological polar surface area (TPSA) is 66.5 Å². The molecule has 0 saturated carbocycles. The minimum atomic E-state index is -3.61. The number of carbonyl (C=O) groups excluding carboxylic acids is 1. The highest BCUT2D eigenvalue weighted by atomic mass is 35.5. The predicted octanol–water partition coefficient (Wildman–Crippen LogP) is 3.31. The number of halogens is 2. The van der Waals surface area contributed by atoms with E-state index in [4.69, 9.17) is 23.2 Å². The van der Waals surface area contributed by atoms with E-state index in [1.165, 1.54) is 22.5 Å². The van der Waals surface area contributed by atoms with Crippen molar-refractivity contribution in [1.29, 1.82) is 0 Å². The van der Waals surface area contributed by atoms with Gasteiger partial charge in [-0.05, 0) is 37.5 Å². The van der Waals surface area contributed by atoms with Crippen molar-refractivity contribution in [2.24, 2.45) is 5.92 Å². The highest BCUT2D eigenvalue weighted by Gasteiger charge is 2.32. The van der Waals surface area contributed by atoms with Crippen LogP contribution in [0.4, 0.5) is 0 Å². The molecule has 5 nitrogen and oxygen atoms in total. The quantitative estimate of drug-likeness (QED) is 0.755. The lowest BCUT2D eigenvalue weighted by Crippen LogP contribution is -2.43. The summed E-state index contributed by atoms with van der Waals surface area (Å²) in [7, 11) is -3.61. The molecule has 1 amide bonds. The van der Waals surface area contributed by atoms with Gasteiger partial charge in [-0.2, -0.15) is 4.31 Å². The fourth-order valence-electron chi connectivity index (χ4n) is 2.68. The van der Waals surface area contributed by atoms with E-state index in [0.717, 1.165) is 12.8 Å². The number of hydrogen-bond acceptors (Lipinski definition) is 3. The summed E-state index contributed by atoms with van der Waals surface area (Å²) in [6.07, 6.45) is 3.04. The van der Waals surface area contributed by atoms with Crippen LogP contribution >= 0.6 is 23.2 Å². The Hall–Kier alpha value is -0.820. The number of carbonyl (C=O) groups is 1. The number of benzene rings is 1. The number of piperidine rings is 1. The van der Waals surface area contributed by atoms with E-state index >= 15 is 0 Å². The molecule has 0 atom stereocenters. The third-order valence-corrected chi connectivity index (χ3v) is 6.82. The van der Waals surface area contributed by atoms with Gasteiger partial charge in [-0.3, -0.25) is 4.79 Å². The molecule has 24 heavy (non-hydrogen) atoms. The molecule has 1 saturated heterocycles. The normalized spacial score (nSPS) is 17.0. The summed E-state index contributed by atoms with van der Waals surface area (Å²) in [5.41, 5.74) is 0. The Balaban J connectivity index is 1.98. The number of nitrogens with one attached hydrogen (secondary N) is 1. The second-order valence-corrected chi connectivity index (χ2v) is 8.65. The highest BCUT2D eigenvalue weighted by molar-refractivity contribution is 7.89. The monoisotopic (exact) mass is 392 g/mol. The van der Waals surface area contributed by atoms with Crippen LogP contribution in [0.2, 0.25) is 10.0 Å². The number of amides is 1. The van der Waals surface area contributed by atoms with Crippen molar-refractivity contribution in [3.63, 3.8) is 0 Å². The van der Waals surface area contributed by atoms with Gasteiger partial charge in [0.15, 0.2) is 0 Å². The van der Waals surface area contributed by atoms with E-state index in [0.29, 0.717) is 37.5 Å². The van der Waals surface area contributed by atoms with Crippen molar-refractivity contribution in [2.75, 3.05) is 19.6 Å². The Morgan fingerprint density at radius 1 is 1.25 bits per heavy atom. The van der Waals surface area contributed by atoms with E-state index in [1.54, 1.807) is 0 Å². The van der Waals surface area contributed by atoms with Crippen molar-refractivity contribution in [3.8, 4) is 0 Å². The van der Waals surface area contributed by atoms with Gasteiger partial charge in [0.2, 0.25) is 15.9 Å². The van der Waals surface area contributed by atoms with Gasteiger partial charge in [0.25, 0.3) is 0 Å². The van der Waals surface area contributed by atoms with Crippen molar-refractivity contribution in [3.05, 3.63) is 28.2 Å². The number of hydrogen-bond donors (Lipinski definition) is 1. The van der Waals surface area contributed by atoms with Gasteiger partial charge in [0.1, 0.15) is 0 Å². The van der Waals surface area contributed by atoms with Crippen LogP contribution in [0.1, 0.15) is 32.6 Å². The van der Waals surface area contributed by atoms with Gasteiger partial charge >= 0.3 is 0 Å². The number of nitrogens with zero attached hydrogens (tertiary/aromatic N) is 1. The zero-order valence-corrected chi connectivity index (χ0v) is 15.9. The SMILES string of the molecule is CCCCNC(=O)C1CCN(S(=O)(=O)c2ccc(Cl)c(Cl)c2)CC1. The molecule has 1 aromatic carbocycles. The molecule has 1 aromatic rings. The first kappa shape index (κ1) is 19.5. The Labute approximate surface area is 153 Å². The Kier molecular flexibility index (Phi) is 6.92. The lowest BCUT2D eigenvalue weighted by molar-refractivity contribution is -0.126. The minimum Gasteiger partial charge on any atom is -0.356 e. The first-order valence-electron chi connectivity index (χ1n) is 8.09. The maximum Gasteiger partial charge on any atom is 0.243 e. The van der Waals surface area contributed by atoms with Crippen molar-refractivity contribution in [1.82, 2.24) is 9.62 Å². The van der Waals surface area contributed by atoms with Crippen LogP contribution in [0.15, 0.2) is 23.1 Å². The van der Waals surface area contributed by atoms with Crippen LogP contribution < -0.4 is 5.32 Å². The smallest absolute Gasteiger partial charge is 0.243 e. The van der Waals surface area contributed by atoms with Gasteiger partial charge in [-0.25, -0.2) is 8.42 Å². The Morgan fingerprint density at radius 2 is 1.92 bits per heavy atom. The molecule has 1 aliphatic heterocycles. The standard InChI is InChI=1S/C16H22Cl2N2O3S/c1-2-3-8-19-16(21)12-6-9-20(10-7-12)24(22,23)13-4-5-14(17)15(18)11-13/h4-5,11-12H,2-3,6-10H2,1H3,(H,19,21). The van der Waals surface area contributed by atoms with Crippen LogP contribution in [-0.2, 0) is 14.8 Å². The number of sulfonamides is 1. The number of unbranched alkanes of at least 4 members (excludes halogenated alkanes) is 1. The lowest BCUT2D eigenvalue weighted by Gasteiger charge is -2.30. The molecule has 0 radical (unpaired) electrons. The van der Waals surface area contributed by atoms with Crippen LogP contribution in [0.5, 0.6) is 0 Å². The summed E-state index contributed by atoms with van der Waals surface area (Å²) < 4.78 is 26.7. The van der Waals surface area contributed by atoms with Crippen LogP contribution in [0.3, 0.4) is 0 Å². The molecular formula is C16H22Cl2N2O3S. The van der Waals surface area contributed by atoms with E-state index in [1.807, 2.05) is 0 Å². The van der Waals surface area contributed by atoms with Crippen molar-refractivity contribution < 1.29 is 13.2 Å². The van der Waals surface area contributed by atoms with E-state index in [9.17, 15) is 13.2 Å².